The molecule has 2 N–H and O–H groups in total. The first-order valence-corrected chi connectivity index (χ1v) is 9.89. The number of anilines is 1. The molecule has 0 unspecified atom stereocenters. The summed E-state index contributed by atoms with van der Waals surface area (Å²) in [7, 11) is -3.78. The minimum absolute atomic E-state index is 0.0957. The maximum absolute atomic E-state index is 13.2. The summed E-state index contributed by atoms with van der Waals surface area (Å²) in [6.45, 7) is 2.19. The molecule has 3 aromatic rings. The van der Waals surface area contributed by atoms with Crippen LogP contribution in [0.25, 0.3) is 5.82 Å². The molecular weight excluding hydrogens is 393 g/mol. The van der Waals surface area contributed by atoms with Crippen LogP contribution in [0.5, 0.6) is 0 Å². The molecular formula is C17H17ClFN5O2S. The molecule has 0 saturated carbocycles. The average Bonchev–Trinajstić information content (AvgIpc) is 3.15. The van der Waals surface area contributed by atoms with Crippen LogP contribution in [0.4, 0.5) is 10.2 Å². The van der Waals surface area contributed by atoms with E-state index in [1.807, 2.05) is 29.1 Å². The van der Waals surface area contributed by atoms with Gasteiger partial charge in [0.2, 0.25) is 10.0 Å². The minimum Gasteiger partial charge on any atom is -0.369 e. The first-order chi connectivity index (χ1) is 12.8. The Morgan fingerprint density at radius 1 is 1.15 bits per heavy atom. The number of aromatic nitrogens is 3. The van der Waals surface area contributed by atoms with Gasteiger partial charge in [-0.2, -0.15) is 0 Å². The summed E-state index contributed by atoms with van der Waals surface area (Å²) < 4.78 is 41.9. The zero-order chi connectivity index (χ0) is 19.4. The van der Waals surface area contributed by atoms with Gasteiger partial charge in [-0.05, 0) is 37.3 Å². The van der Waals surface area contributed by atoms with Crippen molar-refractivity contribution >= 4 is 27.4 Å². The second-order valence-electron chi connectivity index (χ2n) is 5.65. The van der Waals surface area contributed by atoms with Gasteiger partial charge in [0.05, 0.1) is 9.92 Å². The van der Waals surface area contributed by atoms with Crippen LogP contribution in [0.2, 0.25) is 5.02 Å². The van der Waals surface area contributed by atoms with Gasteiger partial charge in [-0.15, -0.1) is 0 Å². The predicted molar refractivity (Wildman–Crippen MR) is 101 cm³/mol. The van der Waals surface area contributed by atoms with E-state index in [1.54, 1.807) is 13.0 Å². The van der Waals surface area contributed by atoms with Crippen molar-refractivity contribution in [2.45, 2.75) is 11.8 Å². The standard InChI is InChI=1S/C17H17ClFN5O2S/c1-12-22-16(11-17(23-12)24-8-2-3-9-24)20-6-7-21-27(25,26)13-4-5-15(19)14(18)10-13/h2-5,8-11,21H,6-7H2,1H3,(H,20,22,23). The Morgan fingerprint density at radius 3 is 2.59 bits per heavy atom. The molecule has 0 saturated heterocycles. The van der Waals surface area contributed by atoms with E-state index in [4.69, 9.17) is 11.6 Å². The Labute approximate surface area is 161 Å². The van der Waals surface area contributed by atoms with E-state index in [9.17, 15) is 12.8 Å². The fourth-order valence-corrected chi connectivity index (χ4v) is 3.67. The topological polar surface area (TPSA) is 88.9 Å². The lowest BCUT2D eigenvalue weighted by atomic mass is 10.3. The Bertz CT molecular complexity index is 1040. The number of rotatable bonds is 7. The van der Waals surface area contributed by atoms with Crippen LogP contribution in [0.15, 0.2) is 53.7 Å². The van der Waals surface area contributed by atoms with Gasteiger partial charge in [0.25, 0.3) is 0 Å². The molecule has 0 aliphatic heterocycles. The van der Waals surface area contributed by atoms with Gasteiger partial charge in [0, 0.05) is 31.5 Å². The number of hydrogen-bond donors (Lipinski definition) is 2. The number of sulfonamides is 1. The fraction of sp³-hybridized carbons (Fsp3) is 0.176. The Kier molecular flexibility index (Phi) is 5.73. The summed E-state index contributed by atoms with van der Waals surface area (Å²) in [6, 6.07) is 8.79. The minimum atomic E-state index is -3.78. The van der Waals surface area contributed by atoms with Gasteiger partial charge in [-0.25, -0.2) is 27.5 Å². The first-order valence-electron chi connectivity index (χ1n) is 8.03. The molecule has 7 nitrogen and oxygen atoms in total. The van der Waals surface area contributed by atoms with Crippen molar-refractivity contribution in [3.8, 4) is 5.82 Å². The number of aryl methyl sites for hydroxylation is 1. The van der Waals surface area contributed by atoms with Gasteiger partial charge in [-0.3, -0.25) is 0 Å². The summed E-state index contributed by atoms with van der Waals surface area (Å²) in [4.78, 5) is 8.55. The van der Waals surface area contributed by atoms with Crippen LogP contribution < -0.4 is 10.0 Å². The molecule has 10 heteroatoms. The van der Waals surface area contributed by atoms with Crippen molar-refractivity contribution in [1.29, 1.82) is 0 Å². The number of nitrogens with one attached hydrogen (secondary N) is 2. The number of nitrogens with zero attached hydrogens (tertiary/aromatic N) is 3. The highest BCUT2D eigenvalue weighted by atomic mass is 35.5. The van der Waals surface area contributed by atoms with Crippen molar-refractivity contribution in [2.75, 3.05) is 18.4 Å². The van der Waals surface area contributed by atoms with Crippen LogP contribution >= 0.6 is 11.6 Å². The molecule has 142 valence electrons. The van der Waals surface area contributed by atoms with E-state index >= 15 is 0 Å². The van der Waals surface area contributed by atoms with E-state index < -0.39 is 15.8 Å². The summed E-state index contributed by atoms with van der Waals surface area (Å²) in [5, 5.41) is 2.81. The second-order valence-corrected chi connectivity index (χ2v) is 7.82. The van der Waals surface area contributed by atoms with Crippen molar-refractivity contribution < 1.29 is 12.8 Å². The molecule has 1 aromatic carbocycles. The second kappa shape index (κ2) is 8.03. The maximum atomic E-state index is 13.2. The van der Waals surface area contributed by atoms with Crippen LogP contribution in [0, 0.1) is 12.7 Å². The quantitative estimate of drug-likeness (QED) is 0.586. The summed E-state index contributed by atoms with van der Waals surface area (Å²) in [6.07, 6.45) is 3.74. The normalized spacial score (nSPS) is 11.5. The summed E-state index contributed by atoms with van der Waals surface area (Å²) >= 11 is 5.64. The van der Waals surface area contributed by atoms with Crippen molar-refractivity contribution in [2.24, 2.45) is 0 Å². The lowest BCUT2D eigenvalue weighted by Crippen LogP contribution is -2.29. The van der Waals surface area contributed by atoms with E-state index in [2.05, 4.69) is 20.0 Å². The average molecular weight is 410 g/mol. The highest BCUT2D eigenvalue weighted by Gasteiger charge is 2.15. The maximum Gasteiger partial charge on any atom is 0.240 e. The van der Waals surface area contributed by atoms with E-state index in [0.29, 0.717) is 24.0 Å². The zero-order valence-electron chi connectivity index (χ0n) is 14.4. The van der Waals surface area contributed by atoms with Gasteiger partial charge in [-0.1, -0.05) is 11.6 Å². The van der Waals surface area contributed by atoms with Gasteiger partial charge >= 0.3 is 0 Å². The monoisotopic (exact) mass is 409 g/mol. The number of halogens is 2. The molecule has 0 radical (unpaired) electrons. The first kappa shape index (κ1) is 19.3. The zero-order valence-corrected chi connectivity index (χ0v) is 15.9. The lowest BCUT2D eigenvalue weighted by Gasteiger charge is -2.10. The lowest BCUT2D eigenvalue weighted by molar-refractivity contribution is 0.582. The van der Waals surface area contributed by atoms with Crippen molar-refractivity contribution in [1.82, 2.24) is 19.3 Å². The van der Waals surface area contributed by atoms with Crippen molar-refractivity contribution in [3.05, 3.63) is 65.5 Å². The van der Waals surface area contributed by atoms with Crippen LogP contribution in [-0.2, 0) is 10.0 Å². The molecule has 2 heterocycles. The predicted octanol–water partition coefficient (Wildman–Crippen LogP) is 2.76. The van der Waals surface area contributed by atoms with E-state index in [-0.39, 0.29) is 16.5 Å². The molecule has 0 amide bonds. The highest BCUT2D eigenvalue weighted by molar-refractivity contribution is 7.89. The Morgan fingerprint density at radius 2 is 1.89 bits per heavy atom. The summed E-state index contributed by atoms with van der Waals surface area (Å²) in [5.41, 5.74) is 0. The number of hydrogen-bond acceptors (Lipinski definition) is 5. The van der Waals surface area contributed by atoms with Crippen LogP contribution in [0.1, 0.15) is 5.82 Å². The molecule has 0 bridgehead atoms. The van der Waals surface area contributed by atoms with E-state index in [0.717, 1.165) is 18.2 Å². The third-order valence-electron chi connectivity index (χ3n) is 3.62. The fourth-order valence-electron chi connectivity index (χ4n) is 2.37. The largest absolute Gasteiger partial charge is 0.369 e. The molecule has 0 fully saturated rings. The molecule has 2 aromatic heterocycles. The van der Waals surface area contributed by atoms with Gasteiger partial charge in [0.15, 0.2) is 0 Å². The molecule has 27 heavy (non-hydrogen) atoms. The third kappa shape index (κ3) is 4.82. The van der Waals surface area contributed by atoms with Crippen LogP contribution in [0.3, 0.4) is 0 Å². The Hall–Kier alpha value is -2.49. The highest BCUT2D eigenvalue weighted by Crippen LogP contribution is 2.19. The molecule has 0 aliphatic carbocycles. The summed E-state index contributed by atoms with van der Waals surface area (Å²) in [5.74, 6) is 1.20. The molecule has 0 aliphatic rings. The third-order valence-corrected chi connectivity index (χ3v) is 5.37. The number of benzene rings is 1. The van der Waals surface area contributed by atoms with Gasteiger partial charge < -0.3 is 9.88 Å². The van der Waals surface area contributed by atoms with Gasteiger partial charge in [0.1, 0.15) is 23.3 Å². The van der Waals surface area contributed by atoms with Crippen LogP contribution in [-0.4, -0.2) is 36.0 Å². The van der Waals surface area contributed by atoms with E-state index in [1.165, 1.54) is 0 Å². The Balaban J connectivity index is 1.61. The SMILES string of the molecule is Cc1nc(NCCNS(=O)(=O)c2ccc(F)c(Cl)c2)cc(-n2cccc2)n1. The smallest absolute Gasteiger partial charge is 0.240 e. The molecule has 3 rings (SSSR count). The van der Waals surface area contributed by atoms with Crippen molar-refractivity contribution in [3.63, 3.8) is 0 Å². The molecule has 0 spiro atoms. The molecule has 0 atom stereocenters.